The van der Waals surface area contributed by atoms with Gasteiger partial charge in [-0.1, -0.05) is 18.2 Å². The van der Waals surface area contributed by atoms with E-state index in [4.69, 9.17) is 15.0 Å². The molecular weight excluding hydrogens is 434 g/mol. The molecule has 1 aromatic rings. The summed E-state index contributed by atoms with van der Waals surface area (Å²) in [5.41, 5.74) is 10.6. The topological polar surface area (TPSA) is 181 Å². The third-order valence-electron chi connectivity index (χ3n) is 4.82. The van der Waals surface area contributed by atoms with Crippen molar-refractivity contribution < 1.29 is 36.4 Å². The summed E-state index contributed by atoms with van der Waals surface area (Å²) in [6.45, 7) is 0.660. The number of carbonyl (C=O) groups excluding carboxylic acids is 3. The molecule has 0 spiro atoms. The lowest BCUT2D eigenvalue weighted by Gasteiger charge is -2.29. The summed E-state index contributed by atoms with van der Waals surface area (Å²) in [6, 6.07) is 4.51. The number of piperidine rings is 1. The van der Waals surface area contributed by atoms with Crippen LogP contribution in [0.2, 0.25) is 0 Å². The summed E-state index contributed by atoms with van der Waals surface area (Å²) in [5.74, 6) is -0.634. The molecule has 0 aromatic heterocycles. The molecule has 2 saturated heterocycles. The van der Waals surface area contributed by atoms with Crippen LogP contribution < -0.4 is 21.3 Å². The SMILES string of the molecule is NCCOc1ccccc1CC(=O)NNC(=O)C1CCC2CN1C(=O)N2OS(=O)(=O)O. The average molecular weight is 457 g/mol. The number of urea groups is 1. The van der Waals surface area contributed by atoms with Gasteiger partial charge >= 0.3 is 16.4 Å². The summed E-state index contributed by atoms with van der Waals surface area (Å²) >= 11 is 0. The van der Waals surface area contributed by atoms with E-state index >= 15 is 0 Å². The van der Waals surface area contributed by atoms with E-state index in [9.17, 15) is 22.8 Å². The smallest absolute Gasteiger partial charge is 0.418 e. The molecule has 0 aliphatic carbocycles. The van der Waals surface area contributed by atoms with Crippen LogP contribution in [0.25, 0.3) is 0 Å². The number of fused-ring (bicyclic) bond motifs is 2. The highest BCUT2D eigenvalue weighted by Gasteiger charge is 2.49. The Bertz CT molecular complexity index is 956. The first-order valence-electron chi connectivity index (χ1n) is 9.46. The predicted molar refractivity (Wildman–Crippen MR) is 104 cm³/mol. The van der Waals surface area contributed by atoms with Gasteiger partial charge in [0.1, 0.15) is 18.4 Å². The molecule has 13 nitrogen and oxygen atoms in total. The lowest BCUT2D eigenvalue weighted by Crippen LogP contribution is -2.54. The van der Waals surface area contributed by atoms with Gasteiger partial charge in [-0.3, -0.25) is 25.0 Å². The summed E-state index contributed by atoms with van der Waals surface area (Å²) in [4.78, 5) is 38.2. The average Bonchev–Trinajstić information content (AvgIpc) is 2.95. The number of nitrogens with two attached hydrogens (primary N) is 1. The van der Waals surface area contributed by atoms with E-state index in [0.29, 0.717) is 29.5 Å². The van der Waals surface area contributed by atoms with Gasteiger partial charge in [0.05, 0.1) is 12.5 Å². The Hall–Kier alpha value is -2.94. The molecule has 170 valence electrons. The van der Waals surface area contributed by atoms with E-state index in [2.05, 4.69) is 15.1 Å². The fourth-order valence-corrected chi connectivity index (χ4v) is 3.88. The molecule has 3 rings (SSSR count). The van der Waals surface area contributed by atoms with Crippen molar-refractivity contribution in [3.05, 3.63) is 29.8 Å². The Labute approximate surface area is 178 Å². The van der Waals surface area contributed by atoms with Crippen LogP contribution in [-0.2, 0) is 30.7 Å². The minimum Gasteiger partial charge on any atom is -0.492 e. The summed E-state index contributed by atoms with van der Waals surface area (Å²) in [5, 5.41) is 0.541. The van der Waals surface area contributed by atoms with E-state index in [1.165, 1.54) is 0 Å². The largest absolute Gasteiger partial charge is 0.492 e. The van der Waals surface area contributed by atoms with Gasteiger partial charge in [-0.25, -0.2) is 4.79 Å². The lowest BCUT2D eigenvalue weighted by atomic mass is 10.0. The molecular formula is C17H23N5O8S. The zero-order valence-corrected chi connectivity index (χ0v) is 17.2. The first kappa shape index (κ1) is 22.7. The lowest BCUT2D eigenvalue weighted by molar-refractivity contribution is -0.131. The van der Waals surface area contributed by atoms with Gasteiger partial charge in [-0.05, 0) is 18.9 Å². The van der Waals surface area contributed by atoms with Crippen molar-refractivity contribution in [3.8, 4) is 5.75 Å². The van der Waals surface area contributed by atoms with Crippen LogP contribution in [0.5, 0.6) is 5.75 Å². The number of nitrogens with one attached hydrogen (secondary N) is 2. The number of hydrogen-bond acceptors (Lipinski definition) is 8. The molecule has 0 radical (unpaired) electrons. The van der Waals surface area contributed by atoms with Crippen molar-refractivity contribution in [3.63, 3.8) is 0 Å². The number of para-hydroxylation sites is 1. The maximum atomic E-state index is 12.5. The highest BCUT2D eigenvalue weighted by atomic mass is 32.3. The summed E-state index contributed by atoms with van der Waals surface area (Å²) in [6.07, 6.45) is 0.432. The standard InChI is InChI=1S/C17H23N5O8S/c18-7-8-29-14-4-2-1-3-11(14)9-15(23)19-20-16(24)13-6-5-12-10-21(13)17(25)22(12)30-31(26,27)28/h1-4,12-13H,5-10,18H2,(H,19,23)(H,20,24)(H,26,27,28). The van der Waals surface area contributed by atoms with Crippen molar-refractivity contribution in [1.29, 1.82) is 0 Å². The highest BCUT2D eigenvalue weighted by Crippen LogP contribution is 2.30. The molecule has 2 bridgehead atoms. The number of hydroxylamine groups is 2. The third-order valence-corrected chi connectivity index (χ3v) is 5.17. The Morgan fingerprint density at radius 3 is 2.68 bits per heavy atom. The van der Waals surface area contributed by atoms with Crippen LogP contribution >= 0.6 is 0 Å². The Morgan fingerprint density at radius 1 is 1.23 bits per heavy atom. The molecule has 31 heavy (non-hydrogen) atoms. The molecule has 4 amide bonds. The van der Waals surface area contributed by atoms with Gasteiger partial charge < -0.3 is 15.4 Å². The van der Waals surface area contributed by atoms with E-state index in [0.717, 1.165) is 4.90 Å². The number of hydrogen-bond donors (Lipinski definition) is 4. The van der Waals surface area contributed by atoms with Crippen molar-refractivity contribution in [2.24, 2.45) is 5.73 Å². The molecule has 2 atom stereocenters. The van der Waals surface area contributed by atoms with E-state index in [-0.39, 0.29) is 25.8 Å². The molecule has 2 heterocycles. The number of ether oxygens (including phenoxy) is 1. The predicted octanol–water partition coefficient (Wildman–Crippen LogP) is -1.28. The van der Waals surface area contributed by atoms with Gasteiger partial charge in [0.25, 0.3) is 5.91 Å². The number of benzene rings is 1. The maximum absolute atomic E-state index is 12.5. The van der Waals surface area contributed by atoms with Crippen molar-refractivity contribution >= 4 is 28.2 Å². The highest BCUT2D eigenvalue weighted by molar-refractivity contribution is 7.80. The van der Waals surface area contributed by atoms with Crippen LogP contribution in [-0.4, -0.2) is 72.6 Å². The molecule has 1 aromatic carbocycles. The van der Waals surface area contributed by atoms with Crippen LogP contribution in [0.1, 0.15) is 18.4 Å². The van der Waals surface area contributed by atoms with Gasteiger partial charge in [-0.2, -0.15) is 13.5 Å². The second-order valence-corrected chi connectivity index (χ2v) is 7.97. The fraction of sp³-hybridized carbons (Fsp3) is 0.471. The Morgan fingerprint density at radius 2 is 1.97 bits per heavy atom. The van der Waals surface area contributed by atoms with Crippen LogP contribution in [0.15, 0.2) is 24.3 Å². The fourth-order valence-electron chi connectivity index (χ4n) is 3.50. The van der Waals surface area contributed by atoms with Gasteiger partial charge in [-0.15, -0.1) is 4.28 Å². The summed E-state index contributed by atoms with van der Waals surface area (Å²) < 4.78 is 40.5. The number of amides is 4. The second-order valence-electron chi connectivity index (χ2n) is 6.97. The quantitative estimate of drug-likeness (QED) is 0.273. The zero-order valence-electron chi connectivity index (χ0n) is 16.4. The third kappa shape index (κ3) is 5.61. The first-order chi connectivity index (χ1) is 14.7. The van der Waals surface area contributed by atoms with Gasteiger partial charge in [0, 0.05) is 18.7 Å². The number of nitrogens with zero attached hydrogens (tertiary/aromatic N) is 2. The zero-order chi connectivity index (χ0) is 22.6. The Balaban J connectivity index is 1.55. The maximum Gasteiger partial charge on any atom is 0.418 e. The van der Waals surface area contributed by atoms with Crippen molar-refractivity contribution in [2.45, 2.75) is 31.3 Å². The van der Waals surface area contributed by atoms with Crippen LogP contribution in [0, 0.1) is 0 Å². The van der Waals surface area contributed by atoms with Crippen molar-refractivity contribution in [2.75, 3.05) is 19.7 Å². The van der Waals surface area contributed by atoms with Gasteiger partial charge in [0.15, 0.2) is 0 Å². The normalized spacial score (nSPS) is 20.5. The van der Waals surface area contributed by atoms with Crippen molar-refractivity contribution in [1.82, 2.24) is 20.8 Å². The van der Waals surface area contributed by atoms with Gasteiger partial charge in [0.2, 0.25) is 5.91 Å². The molecule has 5 N–H and O–H groups in total. The first-order valence-corrected chi connectivity index (χ1v) is 10.8. The number of carbonyl (C=O) groups is 3. The molecule has 2 fully saturated rings. The minimum absolute atomic E-state index is 0.0479. The second kappa shape index (κ2) is 9.47. The van der Waals surface area contributed by atoms with E-state index in [1.807, 2.05) is 0 Å². The van der Waals surface area contributed by atoms with Crippen LogP contribution in [0.3, 0.4) is 0 Å². The van der Waals surface area contributed by atoms with E-state index in [1.54, 1.807) is 24.3 Å². The molecule has 2 aliphatic heterocycles. The number of rotatable bonds is 8. The summed E-state index contributed by atoms with van der Waals surface area (Å²) in [7, 11) is -4.87. The number of hydrazine groups is 1. The molecule has 14 heteroatoms. The monoisotopic (exact) mass is 457 g/mol. The molecule has 2 unspecified atom stereocenters. The van der Waals surface area contributed by atoms with E-state index < -0.39 is 40.3 Å². The van der Waals surface area contributed by atoms with Crippen LogP contribution in [0.4, 0.5) is 4.79 Å². The Kier molecular flexibility index (Phi) is 6.94. The minimum atomic E-state index is -4.87. The molecule has 0 saturated carbocycles. The molecule has 2 aliphatic rings.